The number of carbonyl (C=O) groups excluding carboxylic acids is 2. The lowest BCUT2D eigenvalue weighted by Gasteiger charge is -2.36. The molecule has 2 fully saturated rings. The van der Waals surface area contributed by atoms with Crippen LogP contribution >= 0.6 is 24.0 Å². The molecule has 0 aliphatic carbocycles. The number of urea groups is 1. The Morgan fingerprint density at radius 1 is 1.38 bits per heavy atom. The van der Waals surface area contributed by atoms with E-state index in [-0.39, 0.29) is 60.9 Å². The third-order valence-corrected chi connectivity index (χ3v) is 5.05. The van der Waals surface area contributed by atoms with Gasteiger partial charge < -0.3 is 20.9 Å². The largest absolute Gasteiger partial charge is 0.369 e. The minimum absolute atomic E-state index is 0. The van der Waals surface area contributed by atoms with Gasteiger partial charge >= 0.3 is 6.03 Å². The number of carbonyl (C=O) groups is 2. The van der Waals surface area contributed by atoms with Gasteiger partial charge in [0.05, 0.1) is 6.54 Å². The van der Waals surface area contributed by atoms with E-state index in [1.807, 2.05) is 13.0 Å². The summed E-state index contributed by atoms with van der Waals surface area (Å²) in [5.74, 6) is 0.199. The predicted molar refractivity (Wildman–Crippen MR) is 121 cm³/mol. The van der Waals surface area contributed by atoms with Crippen LogP contribution < -0.4 is 20.9 Å². The second-order valence-electron chi connectivity index (χ2n) is 7.06. The number of imide groups is 1. The first-order chi connectivity index (χ1) is 13.5. The summed E-state index contributed by atoms with van der Waals surface area (Å²) in [5.41, 5.74) is 1.98. The number of halogens is 2. The van der Waals surface area contributed by atoms with Gasteiger partial charge in [0.2, 0.25) is 5.91 Å². The molecule has 1 unspecified atom stereocenters. The molecule has 160 valence electrons. The van der Waals surface area contributed by atoms with Crippen LogP contribution in [0, 0.1) is 12.7 Å². The molecule has 0 bridgehead atoms. The van der Waals surface area contributed by atoms with Gasteiger partial charge in [-0.25, -0.2) is 9.18 Å². The lowest BCUT2D eigenvalue weighted by Crippen LogP contribution is -2.52. The van der Waals surface area contributed by atoms with Crippen molar-refractivity contribution in [2.75, 3.05) is 44.7 Å². The SMILES string of the molecule is CN=C(NCCN1C(=O)CNC1=O)NC1CCCN(c2ccc(F)cc2C)C1.I. The third kappa shape index (κ3) is 5.94. The molecule has 8 nitrogen and oxygen atoms in total. The number of rotatable bonds is 5. The van der Waals surface area contributed by atoms with Crippen molar-refractivity contribution in [1.29, 1.82) is 0 Å². The first-order valence-electron chi connectivity index (χ1n) is 9.54. The van der Waals surface area contributed by atoms with Crippen molar-refractivity contribution in [3.63, 3.8) is 0 Å². The summed E-state index contributed by atoms with van der Waals surface area (Å²) in [6.45, 7) is 4.42. The topological polar surface area (TPSA) is 89.1 Å². The highest BCUT2D eigenvalue weighted by Gasteiger charge is 2.28. The van der Waals surface area contributed by atoms with Gasteiger partial charge in [0, 0.05) is 45.0 Å². The minimum Gasteiger partial charge on any atom is -0.369 e. The first-order valence-corrected chi connectivity index (χ1v) is 9.54. The van der Waals surface area contributed by atoms with Gasteiger partial charge in [-0.1, -0.05) is 0 Å². The number of guanidine groups is 1. The molecule has 0 radical (unpaired) electrons. The lowest BCUT2D eigenvalue weighted by atomic mass is 10.0. The number of aryl methyl sites for hydroxylation is 1. The van der Waals surface area contributed by atoms with Crippen molar-refractivity contribution in [3.8, 4) is 0 Å². The van der Waals surface area contributed by atoms with Gasteiger partial charge in [0.25, 0.3) is 0 Å². The van der Waals surface area contributed by atoms with Gasteiger partial charge in [0.15, 0.2) is 5.96 Å². The lowest BCUT2D eigenvalue weighted by molar-refractivity contribution is -0.124. The van der Waals surface area contributed by atoms with E-state index in [4.69, 9.17) is 0 Å². The standard InChI is InChI=1S/C19H27FN6O2.HI/c1-13-10-14(20)5-6-16(13)25-8-3-4-15(12-25)24-18(21-2)22-7-9-26-17(27)11-23-19(26)28;/h5-6,10,15H,3-4,7-9,11-12H2,1-2H3,(H,23,28)(H2,21,22,24);1H. The molecule has 3 N–H and O–H groups in total. The number of nitrogens with zero attached hydrogens (tertiary/aromatic N) is 3. The average molecular weight is 518 g/mol. The monoisotopic (exact) mass is 518 g/mol. The Labute approximate surface area is 187 Å². The Morgan fingerprint density at radius 2 is 2.17 bits per heavy atom. The second kappa shape index (κ2) is 10.6. The van der Waals surface area contributed by atoms with E-state index in [0.717, 1.165) is 37.2 Å². The van der Waals surface area contributed by atoms with E-state index < -0.39 is 0 Å². The van der Waals surface area contributed by atoms with E-state index in [9.17, 15) is 14.0 Å². The molecule has 2 heterocycles. The summed E-state index contributed by atoms with van der Waals surface area (Å²) >= 11 is 0. The third-order valence-electron chi connectivity index (χ3n) is 5.05. The van der Waals surface area contributed by atoms with Crippen molar-refractivity contribution >= 4 is 47.6 Å². The maximum Gasteiger partial charge on any atom is 0.324 e. The summed E-state index contributed by atoms with van der Waals surface area (Å²) in [6, 6.07) is 4.73. The van der Waals surface area contributed by atoms with Crippen LogP contribution in [0.4, 0.5) is 14.9 Å². The molecule has 3 rings (SSSR count). The molecule has 1 aromatic rings. The van der Waals surface area contributed by atoms with Crippen molar-refractivity contribution in [3.05, 3.63) is 29.6 Å². The quantitative estimate of drug-likeness (QED) is 0.238. The van der Waals surface area contributed by atoms with E-state index >= 15 is 0 Å². The van der Waals surface area contributed by atoms with E-state index in [0.29, 0.717) is 12.5 Å². The van der Waals surface area contributed by atoms with Crippen LogP contribution in [0.15, 0.2) is 23.2 Å². The minimum atomic E-state index is -0.354. The Balaban J connectivity index is 0.00000300. The molecule has 29 heavy (non-hydrogen) atoms. The average Bonchev–Trinajstić information content (AvgIpc) is 2.99. The van der Waals surface area contributed by atoms with Gasteiger partial charge in [-0.05, 0) is 43.5 Å². The number of piperidine rings is 1. The fraction of sp³-hybridized carbons (Fsp3) is 0.526. The molecule has 3 amide bonds. The summed E-state index contributed by atoms with van der Waals surface area (Å²) in [6.07, 6.45) is 2.03. The zero-order valence-electron chi connectivity index (χ0n) is 16.7. The normalized spacial score (nSPS) is 19.7. The van der Waals surface area contributed by atoms with Gasteiger partial charge in [0.1, 0.15) is 5.82 Å². The molecule has 0 aromatic heterocycles. The molecular formula is C19H28FIN6O2. The molecule has 0 spiro atoms. The van der Waals surface area contributed by atoms with E-state index in [1.54, 1.807) is 13.1 Å². The van der Waals surface area contributed by atoms with E-state index in [1.165, 1.54) is 11.0 Å². The highest BCUT2D eigenvalue weighted by molar-refractivity contribution is 14.0. The van der Waals surface area contributed by atoms with Crippen LogP contribution in [0.25, 0.3) is 0 Å². The molecule has 2 aliphatic heterocycles. The van der Waals surface area contributed by atoms with Crippen molar-refractivity contribution < 1.29 is 14.0 Å². The number of hydrogen-bond acceptors (Lipinski definition) is 4. The number of amides is 3. The van der Waals surface area contributed by atoms with Gasteiger partial charge in [-0.3, -0.25) is 14.7 Å². The van der Waals surface area contributed by atoms with Crippen LogP contribution in [0.5, 0.6) is 0 Å². The Kier molecular flexibility index (Phi) is 8.47. The molecule has 1 aromatic carbocycles. The summed E-state index contributed by atoms with van der Waals surface area (Å²) in [7, 11) is 1.69. The van der Waals surface area contributed by atoms with Gasteiger partial charge in [-0.15, -0.1) is 24.0 Å². The van der Waals surface area contributed by atoms with Gasteiger partial charge in [-0.2, -0.15) is 0 Å². The van der Waals surface area contributed by atoms with Crippen molar-refractivity contribution in [1.82, 2.24) is 20.9 Å². The number of nitrogens with one attached hydrogen (secondary N) is 3. The summed E-state index contributed by atoms with van der Waals surface area (Å²) < 4.78 is 13.4. The first kappa shape index (κ1) is 23.2. The predicted octanol–water partition coefficient (Wildman–Crippen LogP) is 1.44. The Hall–Kier alpha value is -2.11. The molecular weight excluding hydrogens is 490 g/mol. The smallest absolute Gasteiger partial charge is 0.324 e. The zero-order chi connectivity index (χ0) is 20.1. The highest BCUT2D eigenvalue weighted by atomic mass is 127. The van der Waals surface area contributed by atoms with E-state index in [2.05, 4.69) is 25.8 Å². The molecule has 10 heteroatoms. The zero-order valence-corrected chi connectivity index (χ0v) is 19.0. The maximum absolute atomic E-state index is 13.4. The summed E-state index contributed by atoms with van der Waals surface area (Å²) in [5, 5.41) is 9.06. The molecule has 1 atom stereocenters. The fourth-order valence-corrected chi connectivity index (χ4v) is 3.64. The second-order valence-corrected chi connectivity index (χ2v) is 7.06. The number of anilines is 1. The molecule has 0 saturated carbocycles. The number of benzene rings is 1. The summed E-state index contributed by atoms with van der Waals surface area (Å²) in [4.78, 5) is 30.9. The molecule has 2 saturated heterocycles. The van der Waals surface area contributed by atoms with Crippen molar-refractivity contribution in [2.45, 2.75) is 25.8 Å². The number of aliphatic imine (C=N–C) groups is 1. The van der Waals surface area contributed by atoms with Crippen molar-refractivity contribution in [2.24, 2.45) is 4.99 Å². The maximum atomic E-state index is 13.4. The fourth-order valence-electron chi connectivity index (χ4n) is 3.64. The molecule has 2 aliphatic rings. The van der Waals surface area contributed by atoms with Crippen LogP contribution in [-0.2, 0) is 4.79 Å². The number of hydrogen-bond donors (Lipinski definition) is 3. The van der Waals surface area contributed by atoms with Crippen LogP contribution in [-0.4, -0.2) is 68.6 Å². The Morgan fingerprint density at radius 3 is 2.83 bits per heavy atom. The Bertz CT molecular complexity index is 759. The van der Waals surface area contributed by atoms with Crippen LogP contribution in [0.2, 0.25) is 0 Å². The highest BCUT2D eigenvalue weighted by Crippen LogP contribution is 2.24. The van der Waals surface area contributed by atoms with Crippen LogP contribution in [0.1, 0.15) is 18.4 Å². The van der Waals surface area contributed by atoms with Crippen LogP contribution in [0.3, 0.4) is 0 Å².